The Kier molecular flexibility index (Phi) is 4.97. The predicted molar refractivity (Wildman–Crippen MR) is 83.5 cm³/mol. The highest BCUT2D eigenvalue weighted by Gasteiger charge is 1.98. The van der Waals surface area contributed by atoms with Gasteiger partial charge in [-0.3, -0.25) is 4.79 Å². The van der Waals surface area contributed by atoms with Crippen molar-refractivity contribution in [2.75, 3.05) is 0 Å². The molecule has 0 saturated carbocycles. The minimum atomic E-state index is -0.120. The summed E-state index contributed by atoms with van der Waals surface area (Å²) in [6.07, 6.45) is 3.27. The Hall–Kier alpha value is -2.06. The van der Waals surface area contributed by atoms with Crippen LogP contribution in [0.15, 0.2) is 54.6 Å². The molecule has 102 valence electrons. The summed E-state index contributed by atoms with van der Waals surface area (Å²) in [4.78, 5) is 11.7. The standard InChI is InChI=1S/C17H16ClNO/c1-13-7-8-14(11-16(13)18)9-10-17(20)19-12-15-5-3-2-4-6-15/h2-11H,12H2,1H3,(H,19,20)/b10-9+. The molecule has 0 aromatic heterocycles. The summed E-state index contributed by atoms with van der Waals surface area (Å²) in [6, 6.07) is 15.5. The lowest BCUT2D eigenvalue weighted by atomic mass is 10.1. The first kappa shape index (κ1) is 14.4. The smallest absolute Gasteiger partial charge is 0.244 e. The van der Waals surface area contributed by atoms with Gasteiger partial charge in [-0.1, -0.05) is 54.1 Å². The van der Waals surface area contributed by atoms with E-state index < -0.39 is 0 Å². The molecule has 1 amide bonds. The van der Waals surface area contributed by atoms with Gasteiger partial charge in [0, 0.05) is 17.6 Å². The first-order chi connectivity index (χ1) is 9.65. The van der Waals surface area contributed by atoms with E-state index in [1.54, 1.807) is 6.08 Å². The Balaban J connectivity index is 1.90. The van der Waals surface area contributed by atoms with Crippen LogP contribution in [0.25, 0.3) is 6.08 Å². The van der Waals surface area contributed by atoms with Gasteiger partial charge in [-0.15, -0.1) is 0 Å². The van der Waals surface area contributed by atoms with E-state index in [4.69, 9.17) is 11.6 Å². The van der Waals surface area contributed by atoms with Gasteiger partial charge in [0.05, 0.1) is 0 Å². The van der Waals surface area contributed by atoms with Crippen LogP contribution in [0.4, 0.5) is 0 Å². The van der Waals surface area contributed by atoms with Crippen molar-refractivity contribution < 1.29 is 4.79 Å². The van der Waals surface area contributed by atoms with Gasteiger partial charge in [-0.2, -0.15) is 0 Å². The van der Waals surface area contributed by atoms with Crippen molar-refractivity contribution in [3.63, 3.8) is 0 Å². The van der Waals surface area contributed by atoms with Gasteiger partial charge in [0.1, 0.15) is 0 Å². The maximum atomic E-state index is 11.7. The number of amides is 1. The summed E-state index contributed by atoms with van der Waals surface area (Å²) in [6.45, 7) is 2.47. The molecule has 0 aliphatic carbocycles. The molecular formula is C17H16ClNO. The first-order valence-electron chi connectivity index (χ1n) is 6.41. The summed E-state index contributed by atoms with van der Waals surface area (Å²) in [5.41, 5.74) is 3.01. The van der Waals surface area contributed by atoms with Gasteiger partial charge < -0.3 is 5.32 Å². The van der Waals surface area contributed by atoms with Crippen LogP contribution in [0.5, 0.6) is 0 Å². The molecule has 0 saturated heterocycles. The second-order valence-corrected chi connectivity index (χ2v) is 4.95. The zero-order valence-corrected chi connectivity index (χ0v) is 12.0. The summed E-state index contributed by atoms with van der Waals surface area (Å²) in [7, 11) is 0. The molecule has 0 atom stereocenters. The van der Waals surface area contributed by atoms with E-state index in [-0.39, 0.29) is 5.91 Å². The molecule has 1 N–H and O–H groups in total. The normalized spacial score (nSPS) is 10.7. The van der Waals surface area contributed by atoms with E-state index in [9.17, 15) is 4.79 Å². The van der Waals surface area contributed by atoms with Crippen molar-refractivity contribution in [2.24, 2.45) is 0 Å². The molecule has 0 heterocycles. The van der Waals surface area contributed by atoms with E-state index in [0.717, 1.165) is 16.7 Å². The molecule has 0 aliphatic heterocycles. The van der Waals surface area contributed by atoms with Gasteiger partial charge in [0.2, 0.25) is 5.91 Å². The van der Waals surface area contributed by atoms with Crippen molar-refractivity contribution in [3.8, 4) is 0 Å². The largest absolute Gasteiger partial charge is 0.348 e. The molecule has 0 aliphatic rings. The predicted octanol–water partition coefficient (Wildman–Crippen LogP) is 3.98. The van der Waals surface area contributed by atoms with Gasteiger partial charge in [0.25, 0.3) is 0 Å². The Morgan fingerprint density at radius 2 is 1.95 bits per heavy atom. The molecule has 2 nitrogen and oxygen atoms in total. The number of nitrogens with one attached hydrogen (secondary N) is 1. The lowest BCUT2D eigenvalue weighted by Crippen LogP contribution is -2.20. The third kappa shape index (κ3) is 4.25. The van der Waals surface area contributed by atoms with Crippen LogP contribution >= 0.6 is 11.6 Å². The number of benzene rings is 2. The molecule has 0 radical (unpaired) electrons. The Labute approximate surface area is 124 Å². The average molecular weight is 286 g/mol. The van der Waals surface area contributed by atoms with E-state index in [1.807, 2.05) is 55.5 Å². The highest BCUT2D eigenvalue weighted by Crippen LogP contribution is 2.17. The SMILES string of the molecule is Cc1ccc(/C=C/C(=O)NCc2ccccc2)cc1Cl. The van der Waals surface area contributed by atoms with Crippen LogP contribution in [-0.4, -0.2) is 5.91 Å². The molecule has 2 rings (SSSR count). The summed E-state index contributed by atoms with van der Waals surface area (Å²) in [5.74, 6) is -0.120. The summed E-state index contributed by atoms with van der Waals surface area (Å²) >= 11 is 6.04. The number of carbonyl (C=O) groups is 1. The number of aryl methyl sites for hydroxylation is 1. The number of hydrogen-bond donors (Lipinski definition) is 1. The highest BCUT2D eigenvalue weighted by atomic mass is 35.5. The van der Waals surface area contributed by atoms with E-state index >= 15 is 0 Å². The number of carbonyl (C=O) groups excluding carboxylic acids is 1. The fourth-order valence-corrected chi connectivity index (χ4v) is 1.92. The van der Waals surface area contributed by atoms with Crippen molar-refractivity contribution in [2.45, 2.75) is 13.5 Å². The molecule has 0 bridgehead atoms. The Morgan fingerprint density at radius 1 is 1.20 bits per heavy atom. The molecule has 20 heavy (non-hydrogen) atoms. The fourth-order valence-electron chi connectivity index (χ4n) is 1.73. The molecule has 2 aromatic carbocycles. The quantitative estimate of drug-likeness (QED) is 0.846. The maximum absolute atomic E-state index is 11.7. The molecule has 3 heteroatoms. The first-order valence-corrected chi connectivity index (χ1v) is 6.79. The minimum absolute atomic E-state index is 0.120. The van der Waals surface area contributed by atoms with Crippen molar-refractivity contribution in [3.05, 3.63) is 76.3 Å². The Morgan fingerprint density at radius 3 is 2.65 bits per heavy atom. The average Bonchev–Trinajstić information content (AvgIpc) is 2.47. The summed E-state index contributed by atoms with van der Waals surface area (Å²) < 4.78 is 0. The van der Waals surface area contributed by atoms with Gasteiger partial charge in [0.15, 0.2) is 0 Å². The zero-order valence-electron chi connectivity index (χ0n) is 11.3. The number of rotatable bonds is 4. The van der Waals surface area contributed by atoms with E-state index in [0.29, 0.717) is 11.6 Å². The molecule has 0 spiro atoms. The van der Waals surface area contributed by atoms with Crippen LogP contribution in [-0.2, 0) is 11.3 Å². The second kappa shape index (κ2) is 6.92. The van der Waals surface area contributed by atoms with Crippen LogP contribution < -0.4 is 5.32 Å². The second-order valence-electron chi connectivity index (χ2n) is 4.55. The summed E-state index contributed by atoms with van der Waals surface area (Å²) in [5, 5.41) is 3.54. The third-order valence-electron chi connectivity index (χ3n) is 2.93. The van der Waals surface area contributed by atoms with Crippen LogP contribution in [0, 0.1) is 6.92 Å². The van der Waals surface area contributed by atoms with Crippen LogP contribution in [0.3, 0.4) is 0 Å². The van der Waals surface area contributed by atoms with E-state index in [1.165, 1.54) is 6.08 Å². The lowest BCUT2D eigenvalue weighted by Gasteiger charge is -2.02. The van der Waals surface area contributed by atoms with Crippen molar-refractivity contribution >= 4 is 23.6 Å². The van der Waals surface area contributed by atoms with Gasteiger partial charge in [-0.25, -0.2) is 0 Å². The fraction of sp³-hybridized carbons (Fsp3) is 0.118. The van der Waals surface area contributed by atoms with Gasteiger partial charge >= 0.3 is 0 Å². The van der Waals surface area contributed by atoms with E-state index in [2.05, 4.69) is 5.32 Å². The number of halogens is 1. The minimum Gasteiger partial charge on any atom is -0.348 e. The monoisotopic (exact) mass is 285 g/mol. The molecule has 0 unspecified atom stereocenters. The highest BCUT2D eigenvalue weighted by molar-refractivity contribution is 6.31. The molecule has 0 fully saturated rings. The third-order valence-corrected chi connectivity index (χ3v) is 3.34. The lowest BCUT2D eigenvalue weighted by molar-refractivity contribution is -0.116. The maximum Gasteiger partial charge on any atom is 0.244 e. The zero-order chi connectivity index (χ0) is 14.4. The van der Waals surface area contributed by atoms with Gasteiger partial charge in [-0.05, 0) is 35.8 Å². The molecular weight excluding hydrogens is 270 g/mol. The van der Waals surface area contributed by atoms with Crippen LogP contribution in [0.1, 0.15) is 16.7 Å². The van der Waals surface area contributed by atoms with Crippen molar-refractivity contribution in [1.29, 1.82) is 0 Å². The van der Waals surface area contributed by atoms with Crippen LogP contribution in [0.2, 0.25) is 5.02 Å². The van der Waals surface area contributed by atoms with Crippen molar-refractivity contribution in [1.82, 2.24) is 5.32 Å². The topological polar surface area (TPSA) is 29.1 Å². The Bertz CT molecular complexity index is 620. The molecule has 2 aromatic rings. The number of hydrogen-bond acceptors (Lipinski definition) is 1.